The molecule has 1 aromatic carbocycles. The van der Waals surface area contributed by atoms with Gasteiger partial charge in [-0.15, -0.1) is 0 Å². The number of halogens is 1. The molecule has 2 unspecified atom stereocenters. The summed E-state index contributed by atoms with van der Waals surface area (Å²) in [6.45, 7) is 3.13. The van der Waals surface area contributed by atoms with Crippen molar-refractivity contribution >= 4 is 5.65 Å². The van der Waals surface area contributed by atoms with Gasteiger partial charge in [0, 0.05) is 41.6 Å². The van der Waals surface area contributed by atoms with Crippen LogP contribution in [-0.4, -0.2) is 39.0 Å². The molecule has 0 aliphatic carbocycles. The summed E-state index contributed by atoms with van der Waals surface area (Å²) in [6.07, 6.45) is 6.94. The van der Waals surface area contributed by atoms with E-state index in [0.29, 0.717) is 36.3 Å². The fourth-order valence-corrected chi connectivity index (χ4v) is 5.31. The zero-order chi connectivity index (χ0) is 21.4. The fourth-order valence-electron chi connectivity index (χ4n) is 5.31. The van der Waals surface area contributed by atoms with Gasteiger partial charge in [-0.1, -0.05) is 24.3 Å². The molecular weight excluding hydrogens is 393 g/mol. The lowest BCUT2D eigenvalue weighted by molar-refractivity contribution is -0.0286. The van der Waals surface area contributed by atoms with E-state index >= 15 is 0 Å². The van der Waals surface area contributed by atoms with Crippen LogP contribution in [0.3, 0.4) is 0 Å². The third-order valence-corrected chi connectivity index (χ3v) is 6.93. The molecule has 31 heavy (non-hydrogen) atoms. The molecule has 6 heteroatoms. The van der Waals surface area contributed by atoms with Gasteiger partial charge in [-0.2, -0.15) is 0 Å². The molecule has 162 valence electrons. The standard InChI is InChI=1S/C25H28FN3O2/c1-17-22(25(30)29-12-5-4-8-24(29)27-17)11-13-28-19-9-10-20(28)15-21(14-19)31-16-18-6-2-3-7-23(18)26/h2-8,12,19-21H,9-11,13-16H2,1H3. The van der Waals surface area contributed by atoms with Gasteiger partial charge in [-0.3, -0.25) is 14.1 Å². The SMILES string of the molecule is Cc1nc2ccccn2c(=O)c1CCN1C2CCC1CC(OCc1ccccc1F)C2. The quantitative estimate of drug-likeness (QED) is 0.606. The Hall–Kier alpha value is -2.57. The number of aryl methyl sites for hydroxylation is 1. The van der Waals surface area contributed by atoms with Crippen LogP contribution in [0.1, 0.15) is 42.5 Å². The Balaban J connectivity index is 1.23. The van der Waals surface area contributed by atoms with Crippen molar-refractivity contribution in [3.8, 4) is 0 Å². The molecule has 0 amide bonds. The second kappa shape index (κ2) is 8.52. The van der Waals surface area contributed by atoms with Crippen LogP contribution in [-0.2, 0) is 17.8 Å². The smallest absolute Gasteiger partial charge is 0.261 e. The number of nitrogens with zero attached hydrogens (tertiary/aromatic N) is 3. The van der Waals surface area contributed by atoms with Gasteiger partial charge in [-0.05, 0) is 57.2 Å². The van der Waals surface area contributed by atoms with E-state index in [1.54, 1.807) is 22.7 Å². The van der Waals surface area contributed by atoms with Crippen molar-refractivity contribution in [3.63, 3.8) is 0 Å². The Kier molecular flexibility index (Phi) is 5.59. The van der Waals surface area contributed by atoms with Gasteiger partial charge in [0.15, 0.2) is 0 Å². The largest absolute Gasteiger partial charge is 0.373 e. The number of pyridine rings is 1. The van der Waals surface area contributed by atoms with Crippen LogP contribution < -0.4 is 5.56 Å². The first-order valence-corrected chi connectivity index (χ1v) is 11.2. The van der Waals surface area contributed by atoms with Crippen molar-refractivity contribution in [1.82, 2.24) is 14.3 Å². The maximum absolute atomic E-state index is 13.9. The number of aromatic nitrogens is 2. The number of rotatable bonds is 6. The molecule has 2 fully saturated rings. The molecule has 0 saturated carbocycles. The molecule has 2 aromatic heterocycles. The zero-order valence-corrected chi connectivity index (χ0v) is 17.8. The summed E-state index contributed by atoms with van der Waals surface area (Å²) < 4.78 is 21.6. The minimum absolute atomic E-state index is 0.0403. The van der Waals surface area contributed by atoms with E-state index in [4.69, 9.17) is 4.74 Å². The van der Waals surface area contributed by atoms with Crippen molar-refractivity contribution in [2.24, 2.45) is 0 Å². The lowest BCUT2D eigenvalue weighted by Gasteiger charge is -2.39. The first kappa shape index (κ1) is 20.3. The van der Waals surface area contributed by atoms with Crippen LogP contribution in [0.25, 0.3) is 5.65 Å². The average molecular weight is 422 g/mol. The Morgan fingerprint density at radius 1 is 1.10 bits per heavy atom. The Morgan fingerprint density at radius 2 is 1.84 bits per heavy atom. The molecule has 0 spiro atoms. The highest BCUT2D eigenvalue weighted by atomic mass is 19.1. The maximum atomic E-state index is 13.9. The Labute approximate surface area is 181 Å². The topological polar surface area (TPSA) is 46.8 Å². The van der Waals surface area contributed by atoms with E-state index in [1.807, 2.05) is 31.2 Å². The van der Waals surface area contributed by atoms with E-state index in [2.05, 4.69) is 9.88 Å². The molecule has 2 atom stereocenters. The van der Waals surface area contributed by atoms with Crippen molar-refractivity contribution < 1.29 is 9.13 Å². The minimum Gasteiger partial charge on any atom is -0.373 e. The lowest BCUT2D eigenvalue weighted by Crippen LogP contribution is -2.46. The molecule has 2 bridgehead atoms. The summed E-state index contributed by atoms with van der Waals surface area (Å²) in [6, 6.07) is 13.4. The van der Waals surface area contributed by atoms with Crippen molar-refractivity contribution in [2.75, 3.05) is 6.54 Å². The van der Waals surface area contributed by atoms with Crippen LogP contribution in [0.2, 0.25) is 0 Å². The second-order valence-electron chi connectivity index (χ2n) is 8.78. The molecule has 5 nitrogen and oxygen atoms in total. The number of benzene rings is 1. The van der Waals surface area contributed by atoms with Crippen molar-refractivity contribution in [2.45, 2.75) is 63.8 Å². The monoisotopic (exact) mass is 421 g/mol. The highest BCUT2D eigenvalue weighted by Crippen LogP contribution is 2.37. The fraction of sp³-hybridized carbons (Fsp3) is 0.440. The number of fused-ring (bicyclic) bond motifs is 3. The van der Waals surface area contributed by atoms with Crippen LogP contribution in [0.4, 0.5) is 4.39 Å². The maximum Gasteiger partial charge on any atom is 0.261 e. The molecular formula is C25H28FN3O2. The normalized spacial score (nSPS) is 23.5. The van der Waals surface area contributed by atoms with Crippen molar-refractivity contribution in [3.05, 3.63) is 81.7 Å². The number of hydrogen-bond donors (Lipinski definition) is 0. The van der Waals surface area contributed by atoms with Crippen LogP contribution in [0, 0.1) is 12.7 Å². The lowest BCUT2D eigenvalue weighted by atomic mass is 9.98. The predicted molar refractivity (Wildman–Crippen MR) is 118 cm³/mol. The van der Waals surface area contributed by atoms with E-state index in [1.165, 1.54) is 6.07 Å². The summed E-state index contributed by atoms with van der Waals surface area (Å²) in [5.74, 6) is -0.200. The minimum atomic E-state index is -0.200. The van der Waals surface area contributed by atoms with E-state index < -0.39 is 0 Å². The molecule has 0 N–H and O–H groups in total. The number of ether oxygens (including phenoxy) is 1. The van der Waals surface area contributed by atoms with Crippen LogP contribution >= 0.6 is 0 Å². The highest BCUT2D eigenvalue weighted by molar-refractivity contribution is 5.40. The van der Waals surface area contributed by atoms with Gasteiger partial charge in [-0.25, -0.2) is 9.37 Å². The van der Waals surface area contributed by atoms with Crippen LogP contribution in [0.5, 0.6) is 0 Å². The van der Waals surface area contributed by atoms with E-state index in [9.17, 15) is 9.18 Å². The van der Waals surface area contributed by atoms with Gasteiger partial charge in [0.1, 0.15) is 11.5 Å². The number of hydrogen-bond acceptors (Lipinski definition) is 4. The molecule has 2 aliphatic heterocycles. The third kappa shape index (κ3) is 4.02. The molecule has 5 rings (SSSR count). The molecule has 3 aromatic rings. The Morgan fingerprint density at radius 3 is 2.61 bits per heavy atom. The van der Waals surface area contributed by atoms with Gasteiger partial charge in [0.2, 0.25) is 0 Å². The highest BCUT2D eigenvalue weighted by Gasteiger charge is 2.40. The van der Waals surface area contributed by atoms with Gasteiger partial charge >= 0.3 is 0 Å². The Bertz CT molecular complexity index is 1130. The predicted octanol–water partition coefficient (Wildman–Crippen LogP) is 3.90. The first-order chi connectivity index (χ1) is 15.1. The molecule has 2 aliphatic rings. The molecule has 0 radical (unpaired) electrons. The van der Waals surface area contributed by atoms with Crippen molar-refractivity contribution in [1.29, 1.82) is 0 Å². The third-order valence-electron chi connectivity index (χ3n) is 6.93. The van der Waals surface area contributed by atoms with Gasteiger partial charge in [0.05, 0.1) is 12.7 Å². The van der Waals surface area contributed by atoms with Gasteiger partial charge in [0.25, 0.3) is 5.56 Å². The number of piperidine rings is 1. The summed E-state index contributed by atoms with van der Waals surface area (Å²) in [7, 11) is 0. The molecule has 2 saturated heterocycles. The van der Waals surface area contributed by atoms with Gasteiger partial charge < -0.3 is 4.74 Å². The summed E-state index contributed by atoms with van der Waals surface area (Å²) in [4.78, 5) is 20.1. The summed E-state index contributed by atoms with van der Waals surface area (Å²) in [5, 5.41) is 0. The van der Waals surface area contributed by atoms with E-state index in [0.717, 1.165) is 43.5 Å². The van der Waals surface area contributed by atoms with Crippen LogP contribution in [0.15, 0.2) is 53.5 Å². The summed E-state index contributed by atoms with van der Waals surface area (Å²) >= 11 is 0. The first-order valence-electron chi connectivity index (χ1n) is 11.2. The van der Waals surface area contributed by atoms with E-state index in [-0.39, 0.29) is 17.5 Å². The zero-order valence-electron chi connectivity index (χ0n) is 17.8. The molecule has 4 heterocycles. The second-order valence-corrected chi connectivity index (χ2v) is 8.78. The average Bonchev–Trinajstić information content (AvgIpc) is 3.00. The summed E-state index contributed by atoms with van der Waals surface area (Å²) in [5.41, 5.74) is 2.99.